The summed E-state index contributed by atoms with van der Waals surface area (Å²) in [6.45, 7) is 15.9. The highest BCUT2D eigenvalue weighted by atomic mass is 16.5. The molecule has 0 N–H and O–H groups in total. The first-order valence-corrected chi connectivity index (χ1v) is 8.23. The summed E-state index contributed by atoms with van der Waals surface area (Å²) in [5.41, 5.74) is 0. The van der Waals surface area contributed by atoms with Crippen molar-refractivity contribution in [1.29, 1.82) is 0 Å². The van der Waals surface area contributed by atoms with Crippen LogP contribution < -0.4 is 0 Å². The first-order chi connectivity index (χ1) is 9.60. The molecule has 0 saturated heterocycles. The molecule has 0 aliphatic carbocycles. The molecular weight excluding hydrogens is 252 g/mol. The zero-order valence-electron chi connectivity index (χ0n) is 14.2. The average molecular weight is 286 g/mol. The minimum absolute atomic E-state index is 0.128. The summed E-state index contributed by atoms with van der Waals surface area (Å²) in [5.74, 6) is 0.128. The largest absolute Gasteiger partial charge is 0.369 e. The van der Waals surface area contributed by atoms with Gasteiger partial charge in [-0.15, -0.1) is 0 Å². The summed E-state index contributed by atoms with van der Waals surface area (Å²) in [5, 5.41) is 0. The fourth-order valence-corrected chi connectivity index (χ4v) is 2.18. The number of carbonyl (C=O) groups excluding carboxylic acids is 1. The van der Waals surface area contributed by atoms with Crippen LogP contribution in [0.25, 0.3) is 0 Å². The molecule has 1 amide bonds. The van der Waals surface area contributed by atoms with E-state index in [1.54, 1.807) is 0 Å². The van der Waals surface area contributed by atoms with Crippen LogP contribution >= 0.6 is 0 Å². The van der Waals surface area contributed by atoms with Crippen molar-refractivity contribution in [3.63, 3.8) is 0 Å². The molecule has 0 rings (SSSR count). The Morgan fingerprint density at radius 2 is 1.65 bits per heavy atom. The van der Waals surface area contributed by atoms with Crippen molar-refractivity contribution in [3.05, 3.63) is 0 Å². The summed E-state index contributed by atoms with van der Waals surface area (Å²) in [4.78, 5) is 16.6. The van der Waals surface area contributed by atoms with Crippen molar-refractivity contribution in [2.75, 3.05) is 39.3 Å². The number of rotatable bonds is 12. The molecule has 20 heavy (non-hydrogen) atoms. The Hall–Kier alpha value is -0.610. The monoisotopic (exact) mass is 286 g/mol. The van der Waals surface area contributed by atoms with Crippen molar-refractivity contribution in [2.45, 2.75) is 60.0 Å². The lowest BCUT2D eigenvalue weighted by Gasteiger charge is -2.26. The molecule has 4 heteroatoms. The van der Waals surface area contributed by atoms with Gasteiger partial charge < -0.3 is 14.5 Å². The number of nitrogens with zero attached hydrogens (tertiary/aromatic N) is 2. The Morgan fingerprint density at radius 3 is 2.15 bits per heavy atom. The Bertz CT molecular complexity index is 243. The maximum Gasteiger partial charge on any atom is 0.251 e. The van der Waals surface area contributed by atoms with Crippen LogP contribution in [0.4, 0.5) is 0 Å². The van der Waals surface area contributed by atoms with Crippen LogP contribution in [-0.2, 0) is 9.53 Å². The van der Waals surface area contributed by atoms with Crippen LogP contribution in [0.3, 0.4) is 0 Å². The highest BCUT2D eigenvalue weighted by molar-refractivity contribution is 5.80. The lowest BCUT2D eigenvalue weighted by molar-refractivity contribution is -0.142. The minimum Gasteiger partial charge on any atom is -0.369 e. The van der Waals surface area contributed by atoms with Crippen molar-refractivity contribution in [3.8, 4) is 0 Å². The Labute approximate surface area is 125 Å². The van der Waals surface area contributed by atoms with Crippen molar-refractivity contribution < 1.29 is 9.53 Å². The molecule has 0 heterocycles. The van der Waals surface area contributed by atoms with E-state index in [0.29, 0.717) is 6.61 Å². The number of hydrogen-bond acceptors (Lipinski definition) is 3. The molecule has 0 aromatic rings. The van der Waals surface area contributed by atoms with Gasteiger partial charge in [-0.1, -0.05) is 27.2 Å². The van der Waals surface area contributed by atoms with Gasteiger partial charge in [0.1, 0.15) is 6.10 Å². The van der Waals surface area contributed by atoms with E-state index in [2.05, 4.69) is 25.7 Å². The summed E-state index contributed by atoms with van der Waals surface area (Å²) in [6.07, 6.45) is 2.84. The Morgan fingerprint density at radius 1 is 1.00 bits per heavy atom. The lowest BCUT2D eigenvalue weighted by atomic mass is 10.3. The van der Waals surface area contributed by atoms with Crippen LogP contribution in [0.2, 0.25) is 0 Å². The number of carbonyl (C=O) groups is 1. The molecule has 0 bridgehead atoms. The molecular formula is C16H34N2O2. The predicted molar refractivity (Wildman–Crippen MR) is 85.0 cm³/mol. The minimum atomic E-state index is -0.310. The van der Waals surface area contributed by atoms with Crippen LogP contribution in [0.5, 0.6) is 0 Å². The topological polar surface area (TPSA) is 32.8 Å². The molecule has 0 saturated carbocycles. The molecule has 4 nitrogen and oxygen atoms in total. The van der Waals surface area contributed by atoms with Gasteiger partial charge in [0.25, 0.3) is 5.91 Å². The van der Waals surface area contributed by atoms with E-state index in [9.17, 15) is 4.79 Å². The second-order valence-electron chi connectivity index (χ2n) is 5.16. The molecule has 0 aromatic heterocycles. The van der Waals surface area contributed by atoms with E-state index >= 15 is 0 Å². The Kier molecular flexibility index (Phi) is 11.8. The highest BCUT2D eigenvalue weighted by Crippen LogP contribution is 2.03. The fourth-order valence-electron chi connectivity index (χ4n) is 2.18. The lowest BCUT2D eigenvalue weighted by Crippen LogP contribution is -2.40. The van der Waals surface area contributed by atoms with Gasteiger partial charge in [-0.25, -0.2) is 0 Å². The van der Waals surface area contributed by atoms with E-state index in [4.69, 9.17) is 4.74 Å². The third-order valence-corrected chi connectivity index (χ3v) is 3.70. The highest BCUT2D eigenvalue weighted by Gasteiger charge is 2.19. The van der Waals surface area contributed by atoms with E-state index < -0.39 is 0 Å². The summed E-state index contributed by atoms with van der Waals surface area (Å²) in [6, 6.07) is 0. The van der Waals surface area contributed by atoms with Crippen molar-refractivity contribution >= 4 is 5.91 Å². The van der Waals surface area contributed by atoms with E-state index in [1.165, 1.54) is 0 Å². The number of likely N-dealkylation sites (N-methyl/N-ethyl adjacent to an activating group) is 1. The van der Waals surface area contributed by atoms with Crippen LogP contribution in [0.15, 0.2) is 0 Å². The Balaban J connectivity index is 4.07. The molecule has 0 spiro atoms. The van der Waals surface area contributed by atoms with Crippen LogP contribution in [0.1, 0.15) is 53.9 Å². The third kappa shape index (κ3) is 7.85. The molecule has 0 fully saturated rings. The van der Waals surface area contributed by atoms with Crippen molar-refractivity contribution in [1.82, 2.24) is 9.80 Å². The number of unbranched alkanes of at least 4 members (excludes halogenated alkanes) is 1. The van der Waals surface area contributed by atoms with Gasteiger partial charge in [0.2, 0.25) is 0 Å². The van der Waals surface area contributed by atoms with Crippen molar-refractivity contribution in [2.24, 2.45) is 0 Å². The van der Waals surface area contributed by atoms with Gasteiger partial charge in [-0.3, -0.25) is 4.79 Å². The first-order valence-electron chi connectivity index (χ1n) is 8.23. The van der Waals surface area contributed by atoms with Crippen LogP contribution in [0, 0.1) is 0 Å². The number of hydrogen-bond donors (Lipinski definition) is 0. The first kappa shape index (κ1) is 19.4. The maximum atomic E-state index is 12.3. The summed E-state index contributed by atoms with van der Waals surface area (Å²) >= 11 is 0. The van der Waals surface area contributed by atoms with E-state index in [1.807, 2.05) is 18.7 Å². The molecule has 1 unspecified atom stereocenters. The molecule has 0 radical (unpaired) electrons. The molecule has 1 atom stereocenters. The normalized spacial score (nSPS) is 12.7. The quantitative estimate of drug-likeness (QED) is 0.517. The van der Waals surface area contributed by atoms with Gasteiger partial charge in [-0.05, 0) is 46.3 Å². The zero-order chi connectivity index (χ0) is 15.4. The second kappa shape index (κ2) is 12.2. The average Bonchev–Trinajstić information content (AvgIpc) is 2.47. The smallest absolute Gasteiger partial charge is 0.251 e. The SMILES string of the molecule is CCCCOC(C)C(=O)N(CC)CCCN(CC)CC. The number of ether oxygens (including phenoxy) is 1. The van der Waals surface area contributed by atoms with E-state index in [0.717, 1.165) is 52.0 Å². The summed E-state index contributed by atoms with van der Waals surface area (Å²) < 4.78 is 5.60. The predicted octanol–water partition coefficient (Wildman–Crippen LogP) is 2.77. The fraction of sp³-hybridized carbons (Fsp3) is 0.938. The molecule has 0 aliphatic heterocycles. The number of amides is 1. The second-order valence-corrected chi connectivity index (χ2v) is 5.16. The zero-order valence-corrected chi connectivity index (χ0v) is 14.2. The van der Waals surface area contributed by atoms with Gasteiger partial charge >= 0.3 is 0 Å². The summed E-state index contributed by atoms with van der Waals surface area (Å²) in [7, 11) is 0. The van der Waals surface area contributed by atoms with Gasteiger partial charge in [-0.2, -0.15) is 0 Å². The van der Waals surface area contributed by atoms with Gasteiger partial charge in [0, 0.05) is 19.7 Å². The third-order valence-electron chi connectivity index (χ3n) is 3.70. The molecule has 0 aromatic carbocycles. The molecule has 0 aliphatic rings. The van der Waals surface area contributed by atoms with Gasteiger partial charge in [0.05, 0.1) is 0 Å². The van der Waals surface area contributed by atoms with E-state index in [-0.39, 0.29) is 12.0 Å². The van der Waals surface area contributed by atoms with Crippen LogP contribution in [-0.4, -0.2) is 61.1 Å². The van der Waals surface area contributed by atoms with Gasteiger partial charge in [0.15, 0.2) is 0 Å². The maximum absolute atomic E-state index is 12.3. The molecule has 120 valence electrons. The standard InChI is InChI=1S/C16H34N2O2/c1-6-10-14-20-15(5)16(19)18(9-4)13-11-12-17(7-2)8-3/h15H,6-14H2,1-5H3.